The fourth-order valence-corrected chi connectivity index (χ4v) is 0.819. The van der Waals surface area contributed by atoms with Crippen LogP contribution < -0.4 is 5.32 Å². The molecule has 0 saturated heterocycles. The van der Waals surface area contributed by atoms with Crippen LogP contribution in [0.5, 0.6) is 0 Å². The molecule has 0 aromatic carbocycles. The minimum Gasteiger partial charge on any atom is -0.356 e. The lowest BCUT2D eigenvalue weighted by Crippen LogP contribution is -2.28. The van der Waals surface area contributed by atoms with Crippen molar-refractivity contribution in [2.75, 3.05) is 6.54 Å². The molecule has 66 valence electrons. The number of rotatable bonds is 4. The largest absolute Gasteiger partial charge is 0.356 e. The Bertz CT molecular complexity index is 130. The van der Waals surface area contributed by atoms with Crippen molar-refractivity contribution < 1.29 is 4.79 Å². The first kappa shape index (κ1) is 10.5. The molecule has 1 N–H and O–H groups in total. The van der Waals surface area contributed by atoms with E-state index in [0.29, 0.717) is 6.42 Å². The molecule has 2 nitrogen and oxygen atoms in total. The van der Waals surface area contributed by atoms with Gasteiger partial charge in [0.15, 0.2) is 0 Å². The minimum absolute atomic E-state index is 0.152. The lowest BCUT2D eigenvalue weighted by Gasteiger charge is -2.21. The van der Waals surface area contributed by atoms with Gasteiger partial charge in [-0.1, -0.05) is 27.2 Å². The van der Waals surface area contributed by atoms with Crippen LogP contribution in [0.15, 0.2) is 0 Å². The highest BCUT2D eigenvalue weighted by Crippen LogP contribution is 2.23. The van der Waals surface area contributed by atoms with Crippen LogP contribution in [0.2, 0.25) is 0 Å². The fourth-order valence-electron chi connectivity index (χ4n) is 0.819. The smallest absolute Gasteiger partial charge is 0.220 e. The van der Waals surface area contributed by atoms with Gasteiger partial charge in [-0.2, -0.15) is 0 Å². The fraction of sp³-hybridized carbons (Fsp3) is 0.889. The highest BCUT2D eigenvalue weighted by Gasteiger charge is 2.18. The Balaban J connectivity index is 3.74. The number of amides is 1. The zero-order valence-electron chi connectivity index (χ0n) is 8.03. The molecule has 0 fully saturated rings. The van der Waals surface area contributed by atoms with Crippen molar-refractivity contribution in [3.8, 4) is 0 Å². The van der Waals surface area contributed by atoms with Gasteiger partial charge in [0.25, 0.3) is 0 Å². The third-order valence-electron chi connectivity index (χ3n) is 1.97. The van der Waals surface area contributed by atoms with E-state index in [-0.39, 0.29) is 11.3 Å². The SMILES string of the molecule is CCNC(=O)CC(C)(C)CC. The van der Waals surface area contributed by atoms with Crippen molar-refractivity contribution in [3.05, 3.63) is 0 Å². The highest BCUT2D eigenvalue weighted by atomic mass is 16.1. The summed E-state index contributed by atoms with van der Waals surface area (Å²) >= 11 is 0. The molecule has 0 aliphatic heterocycles. The Kier molecular flexibility index (Phi) is 4.16. The molecule has 0 rings (SSSR count). The molecule has 0 atom stereocenters. The van der Waals surface area contributed by atoms with Crippen molar-refractivity contribution in [3.63, 3.8) is 0 Å². The molecule has 0 heterocycles. The predicted octanol–water partition coefficient (Wildman–Crippen LogP) is 1.95. The third kappa shape index (κ3) is 4.82. The molecule has 11 heavy (non-hydrogen) atoms. The Labute approximate surface area is 69.4 Å². The van der Waals surface area contributed by atoms with E-state index in [1.165, 1.54) is 0 Å². The van der Waals surface area contributed by atoms with Gasteiger partial charge in [0.2, 0.25) is 5.91 Å². The minimum atomic E-state index is 0.152. The van der Waals surface area contributed by atoms with E-state index in [1.807, 2.05) is 6.92 Å². The molecule has 0 unspecified atom stereocenters. The lowest BCUT2D eigenvalue weighted by molar-refractivity contribution is -0.122. The first-order valence-electron chi connectivity index (χ1n) is 4.28. The van der Waals surface area contributed by atoms with Crippen LogP contribution in [0.1, 0.15) is 40.5 Å². The van der Waals surface area contributed by atoms with E-state index in [1.54, 1.807) is 0 Å². The quantitative estimate of drug-likeness (QED) is 0.664. The van der Waals surface area contributed by atoms with Crippen LogP contribution in [0.4, 0.5) is 0 Å². The molecule has 2 heteroatoms. The molecule has 0 spiro atoms. The molecule has 0 aromatic heterocycles. The second-order valence-electron chi connectivity index (χ2n) is 3.65. The summed E-state index contributed by atoms with van der Waals surface area (Å²) in [4.78, 5) is 11.1. The first-order valence-corrected chi connectivity index (χ1v) is 4.28. The van der Waals surface area contributed by atoms with Crippen molar-refractivity contribution in [2.45, 2.75) is 40.5 Å². The maximum atomic E-state index is 11.1. The third-order valence-corrected chi connectivity index (χ3v) is 1.97. The molecule has 0 aromatic rings. The first-order chi connectivity index (χ1) is 5.02. The van der Waals surface area contributed by atoms with Gasteiger partial charge < -0.3 is 5.32 Å². The zero-order valence-corrected chi connectivity index (χ0v) is 8.03. The second kappa shape index (κ2) is 4.37. The number of nitrogens with one attached hydrogen (secondary N) is 1. The summed E-state index contributed by atoms with van der Waals surface area (Å²) in [5, 5.41) is 2.80. The second-order valence-corrected chi connectivity index (χ2v) is 3.65. The molecular weight excluding hydrogens is 138 g/mol. The van der Waals surface area contributed by atoms with Gasteiger partial charge in [0, 0.05) is 13.0 Å². The number of hydrogen-bond donors (Lipinski definition) is 1. The van der Waals surface area contributed by atoms with Crippen LogP contribution in [-0.2, 0) is 4.79 Å². The van der Waals surface area contributed by atoms with Gasteiger partial charge >= 0.3 is 0 Å². The highest BCUT2D eigenvalue weighted by molar-refractivity contribution is 5.76. The van der Waals surface area contributed by atoms with Crippen LogP contribution in [0.3, 0.4) is 0 Å². The van der Waals surface area contributed by atoms with Crippen LogP contribution in [0.25, 0.3) is 0 Å². The van der Waals surface area contributed by atoms with E-state index in [4.69, 9.17) is 0 Å². The summed E-state index contributed by atoms with van der Waals surface area (Å²) in [6.07, 6.45) is 1.68. The lowest BCUT2D eigenvalue weighted by atomic mass is 9.86. The van der Waals surface area contributed by atoms with E-state index in [0.717, 1.165) is 13.0 Å². The molecule has 0 saturated carbocycles. The van der Waals surface area contributed by atoms with E-state index in [9.17, 15) is 4.79 Å². The predicted molar refractivity (Wildman–Crippen MR) is 47.4 cm³/mol. The van der Waals surface area contributed by atoms with Gasteiger partial charge in [0.1, 0.15) is 0 Å². The molecule has 0 aliphatic carbocycles. The van der Waals surface area contributed by atoms with E-state index >= 15 is 0 Å². The van der Waals surface area contributed by atoms with Gasteiger partial charge in [-0.15, -0.1) is 0 Å². The van der Waals surface area contributed by atoms with E-state index < -0.39 is 0 Å². The van der Waals surface area contributed by atoms with Crippen LogP contribution in [-0.4, -0.2) is 12.5 Å². The Morgan fingerprint density at radius 3 is 2.27 bits per heavy atom. The summed E-state index contributed by atoms with van der Waals surface area (Å²) in [6, 6.07) is 0. The Morgan fingerprint density at radius 1 is 1.36 bits per heavy atom. The van der Waals surface area contributed by atoms with Gasteiger partial charge in [0.05, 0.1) is 0 Å². The Morgan fingerprint density at radius 2 is 1.91 bits per heavy atom. The summed E-state index contributed by atoms with van der Waals surface area (Å²) in [5.74, 6) is 0.166. The topological polar surface area (TPSA) is 29.1 Å². The molecule has 0 radical (unpaired) electrons. The van der Waals surface area contributed by atoms with Crippen molar-refractivity contribution in [1.82, 2.24) is 5.32 Å². The maximum Gasteiger partial charge on any atom is 0.220 e. The molecular formula is C9H19NO. The molecule has 0 aliphatic rings. The Hall–Kier alpha value is -0.530. The normalized spacial score (nSPS) is 11.3. The summed E-state index contributed by atoms with van der Waals surface area (Å²) in [5.41, 5.74) is 0.152. The molecule has 1 amide bonds. The average Bonchev–Trinajstić information content (AvgIpc) is 1.87. The van der Waals surface area contributed by atoms with Crippen molar-refractivity contribution in [2.24, 2.45) is 5.41 Å². The monoisotopic (exact) mass is 157 g/mol. The number of carbonyl (C=O) groups excluding carboxylic acids is 1. The summed E-state index contributed by atoms with van der Waals surface area (Å²) in [7, 11) is 0. The maximum absolute atomic E-state index is 11.1. The van der Waals surface area contributed by atoms with Crippen LogP contribution >= 0.6 is 0 Å². The van der Waals surface area contributed by atoms with Gasteiger partial charge in [-0.05, 0) is 12.3 Å². The molecule has 0 bridgehead atoms. The van der Waals surface area contributed by atoms with Gasteiger partial charge in [-0.25, -0.2) is 0 Å². The number of carbonyl (C=O) groups is 1. The van der Waals surface area contributed by atoms with Crippen molar-refractivity contribution in [1.29, 1.82) is 0 Å². The number of hydrogen-bond acceptors (Lipinski definition) is 1. The van der Waals surface area contributed by atoms with Crippen molar-refractivity contribution >= 4 is 5.91 Å². The summed E-state index contributed by atoms with van der Waals surface area (Å²) < 4.78 is 0. The standard InChI is InChI=1S/C9H19NO/c1-5-9(3,4)7-8(11)10-6-2/h5-7H2,1-4H3,(H,10,11). The zero-order chi connectivity index (χ0) is 8.91. The van der Waals surface area contributed by atoms with E-state index in [2.05, 4.69) is 26.1 Å². The average molecular weight is 157 g/mol. The summed E-state index contributed by atoms with van der Waals surface area (Å²) in [6.45, 7) is 9.01. The van der Waals surface area contributed by atoms with Gasteiger partial charge in [-0.3, -0.25) is 4.79 Å². The van der Waals surface area contributed by atoms with Crippen LogP contribution in [0, 0.1) is 5.41 Å².